The van der Waals surface area contributed by atoms with Crippen LogP contribution in [0.4, 0.5) is 0 Å². The minimum absolute atomic E-state index is 0.0266. The number of fused-ring (bicyclic) bond motifs is 8. The lowest BCUT2D eigenvalue weighted by Gasteiger charge is -2.13. The highest BCUT2D eigenvalue weighted by molar-refractivity contribution is 5.80. The van der Waals surface area contributed by atoms with E-state index in [1.807, 2.05) is 38.2 Å². The van der Waals surface area contributed by atoms with Crippen LogP contribution in [0.25, 0.3) is 24.3 Å². The molecule has 2 aliphatic rings. The van der Waals surface area contributed by atoms with Gasteiger partial charge in [0.25, 0.3) is 0 Å². The van der Waals surface area contributed by atoms with Crippen LogP contribution in [0.15, 0.2) is 70.6 Å². The number of rotatable bonds is 21. The summed E-state index contributed by atoms with van der Waals surface area (Å²) in [7, 11) is 0. The second-order valence-electron chi connectivity index (χ2n) is 18.1. The molecule has 342 valence electrons. The summed E-state index contributed by atoms with van der Waals surface area (Å²) in [5.74, 6) is -1.93. The lowest BCUT2D eigenvalue weighted by Crippen LogP contribution is -2.14. The van der Waals surface area contributed by atoms with Crippen LogP contribution in [0.1, 0.15) is 173 Å². The van der Waals surface area contributed by atoms with Crippen molar-refractivity contribution in [2.75, 3.05) is 0 Å². The molecule has 5 rings (SSSR count). The molecular formula is C54H70N4O6. The van der Waals surface area contributed by atoms with Gasteiger partial charge in [0.05, 0.1) is 11.5 Å². The average molecular weight is 871 g/mol. The number of nitrogens with one attached hydrogen (secondary N) is 4. The van der Waals surface area contributed by atoms with Crippen LogP contribution in [0.2, 0.25) is 0 Å². The predicted molar refractivity (Wildman–Crippen MR) is 260 cm³/mol. The van der Waals surface area contributed by atoms with E-state index in [0.29, 0.717) is 46.1 Å². The Morgan fingerprint density at radius 1 is 0.672 bits per heavy atom. The van der Waals surface area contributed by atoms with Crippen molar-refractivity contribution in [3.05, 3.63) is 138 Å². The first kappa shape index (κ1) is 49.2. The average Bonchev–Trinajstić information content (AvgIpc) is 3.91. The SMILES string of the molecule is C=C[C@@H]1/C2=C/c3[nH]c(c(CCC(=O)O)c3C)/C=c3\[nH]/c(c(C=O)c3CCC(=O)O)=C\c3[nH]c(c([C@@H](O)CC/C=C(\C)CC/C=C(\C)CC/C=C(\C)CCC=C(C)C)c3C)/C=C(\N2)C1C. The molecule has 3 aromatic heterocycles. The Labute approximate surface area is 379 Å². The van der Waals surface area contributed by atoms with E-state index in [4.69, 9.17) is 0 Å². The number of aliphatic carboxylic acids is 2. The first-order valence-corrected chi connectivity index (χ1v) is 22.9. The van der Waals surface area contributed by atoms with Crippen LogP contribution in [-0.4, -0.2) is 48.5 Å². The molecular weight excluding hydrogens is 801 g/mol. The molecule has 10 heteroatoms. The summed E-state index contributed by atoms with van der Waals surface area (Å²) in [6, 6.07) is 0. The minimum atomic E-state index is -0.989. The number of hydrogen-bond donors (Lipinski definition) is 7. The maximum Gasteiger partial charge on any atom is 0.303 e. The maximum atomic E-state index is 12.9. The molecule has 0 saturated carbocycles. The van der Waals surface area contributed by atoms with E-state index in [9.17, 15) is 29.7 Å². The number of hydrogen-bond acceptors (Lipinski definition) is 5. The van der Waals surface area contributed by atoms with Gasteiger partial charge in [-0.1, -0.05) is 59.6 Å². The highest BCUT2D eigenvalue weighted by Crippen LogP contribution is 2.38. The quantitative estimate of drug-likeness (QED) is 0.0412. The summed E-state index contributed by atoms with van der Waals surface area (Å²) in [5, 5.41) is 36.0. The molecule has 3 atom stereocenters. The first-order valence-electron chi connectivity index (χ1n) is 22.9. The number of aliphatic hydroxyl groups excluding tert-OH is 1. The van der Waals surface area contributed by atoms with Gasteiger partial charge in [0, 0.05) is 75.3 Å². The molecule has 3 aromatic rings. The Morgan fingerprint density at radius 3 is 1.78 bits per heavy atom. The van der Waals surface area contributed by atoms with Gasteiger partial charge in [-0.25, -0.2) is 0 Å². The van der Waals surface area contributed by atoms with Gasteiger partial charge in [0.15, 0.2) is 6.29 Å². The molecule has 8 bridgehead atoms. The summed E-state index contributed by atoms with van der Waals surface area (Å²) in [4.78, 5) is 46.9. The Bertz CT molecular complexity index is 2540. The van der Waals surface area contributed by atoms with E-state index >= 15 is 0 Å². The Kier molecular flexibility index (Phi) is 17.4. The summed E-state index contributed by atoms with van der Waals surface area (Å²) in [6.45, 7) is 21.1. The number of aromatic nitrogens is 3. The lowest BCUT2D eigenvalue weighted by molar-refractivity contribution is -0.138. The highest BCUT2D eigenvalue weighted by atomic mass is 16.4. The van der Waals surface area contributed by atoms with E-state index in [2.05, 4.69) is 98.8 Å². The summed E-state index contributed by atoms with van der Waals surface area (Å²) >= 11 is 0. The molecule has 7 N–H and O–H groups in total. The van der Waals surface area contributed by atoms with Gasteiger partial charge in [-0.2, -0.15) is 0 Å². The third-order valence-electron chi connectivity index (χ3n) is 12.9. The van der Waals surface area contributed by atoms with E-state index in [0.717, 1.165) is 89.8 Å². The Hall–Kier alpha value is -5.87. The van der Waals surface area contributed by atoms with Crippen LogP contribution >= 0.6 is 0 Å². The second kappa shape index (κ2) is 22.7. The standard InChI is InChI=1S/C54H70N4O6/c1-10-39-36(7)44-29-50-54(51(60)22-14-21-35(6)20-13-19-34(5)18-12-17-33(4)16-11-15-32(2)3)38(9)45(57-50)28-49-42(31-59)41(24-26-53(63)64)48(58-49)30-47-40(23-25-52(61)62)37(8)43(56-47)27-46(39)55-44/h10,15,17,19,21,27-31,36,39,51,55-58,60H,1,11-14,16,18,20,22-26H2,2-9H3,(H,61,62)(H,63,64)/b33-17+,34-19+,35-21+,44-29-,46-27-,48-30-,49-28-/t36?,39-,51-/m0/s1. The van der Waals surface area contributed by atoms with Crippen molar-refractivity contribution in [1.82, 2.24) is 20.3 Å². The number of aliphatic hydroxyl groups is 1. The van der Waals surface area contributed by atoms with E-state index in [-0.39, 0.29) is 37.5 Å². The van der Waals surface area contributed by atoms with Crippen molar-refractivity contribution in [2.45, 2.75) is 139 Å². The van der Waals surface area contributed by atoms with Crippen molar-refractivity contribution < 1.29 is 29.7 Å². The summed E-state index contributed by atoms with van der Waals surface area (Å²) in [5.41, 5.74) is 14.6. The lowest BCUT2D eigenvalue weighted by atomic mass is 9.92. The van der Waals surface area contributed by atoms with Crippen LogP contribution in [0.5, 0.6) is 0 Å². The van der Waals surface area contributed by atoms with Crippen molar-refractivity contribution in [1.29, 1.82) is 0 Å². The number of carbonyl (C=O) groups excluding carboxylic acids is 1. The zero-order chi connectivity index (χ0) is 46.7. The second-order valence-corrected chi connectivity index (χ2v) is 18.1. The minimum Gasteiger partial charge on any atom is -0.481 e. The topological polar surface area (TPSA) is 171 Å². The number of aromatic amines is 3. The smallest absolute Gasteiger partial charge is 0.303 e. The molecule has 64 heavy (non-hydrogen) atoms. The predicted octanol–water partition coefficient (Wildman–Crippen LogP) is 10.5. The Morgan fingerprint density at radius 2 is 1.20 bits per heavy atom. The van der Waals surface area contributed by atoms with Crippen molar-refractivity contribution in [2.24, 2.45) is 11.8 Å². The number of carboxylic acids is 2. The molecule has 0 aromatic carbocycles. The van der Waals surface area contributed by atoms with Crippen LogP contribution in [-0.2, 0) is 22.4 Å². The largest absolute Gasteiger partial charge is 0.481 e. The third kappa shape index (κ3) is 12.6. The summed E-state index contributed by atoms with van der Waals surface area (Å²) in [6.07, 6.45) is 26.6. The van der Waals surface area contributed by atoms with Gasteiger partial charge >= 0.3 is 11.9 Å². The van der Waals surface area contributed by atoms with Crippen LogP contribution in [0.3, 0.4) is 0 Å². The Balaban J connectivity index is 1.48. The molecule has 10 nitrogen and oxygen atoms in total. The van der Waals surface area contributed by atoms with E-state index in [1.165, 1.54) is 22.3 Å². The number of carbonyl (C=O) groups is 3. The zero-order valence-electron chi connectivity index (χ0n) is 39.3. The molecule has 1 saturated heterocycles. The fourth-order valence-electron chi connectivity index (χ4n) is 8.99. The van der Waals surface area contributed by atoms with Gasteiger partial charge in [0.1, 0.15) is 0 Å². The van der Waals surface area contributed by atoms with Gasteiger partial charge in [0.2, 0.25) is 0 Å². The van der Waals surface area contributed by atoms with Crippen LogP contribution < -0.4 is 16.0 Å². The monoisotopic (exact) mass is 871 g/mol. The number of allylic oxidation sites excluding steroid dienone is 10. The first-order chi connectivity index (χ1) is 30.5. The van der Waals surface area contributed by atoms with Gasteiger partial charge < -0.3 is 35.6 Å². The third-order valence-corrected chi connectivity index (χ3v) is 12.9. The van der Waals surface area contributed by atoms with Gasteiger partial charge in [-0.15, -0.1) is 6.58 Å². The number of H-pyrrole nitrogens is 3. The molecule has 0 radical (unpaired) electrons. The molecule has 0 spiro atoms. The van der Waals surface area contributed by atoms with Crippen molar-refractivity contribution >= 4 is 42.5 Å². The molecule has 1 unspecified atom stereocenters. The number of carboxylic acid groups (broad SMARTS) is 2. The molecule has 1 fully saturated rings. The van der Waals surface area contributed by atoms with Gasteiger partial charge in [-0.05, 0) is 159 Å². The zero-order valence-corrected chi connectivity index (χ0v) is 39.3. The molecule has 2 aliphatic heterocycles. The van der Waals surface area contributed by atoms with E-state index < -0.39 is 18.0 Å². The van der Waals surface area contributed by atoms with E-state index in [1.54, 1.807) is 0 Å². The number of aldehydes is 1. The summed E-state index contributed by atoms with van der Waals surface area (Å²) < 4.78 is 0. The normalized spacial score (nSPS) is 19.5. The maximum absolute atomic E-state index is 12.9. The van der Waals surface area contributed by atoms with Crippen molar-refractivity contribution in [3.8, 4) is 0 Å². The molecule has 0 aliphatic carbocycles. The highest BCUT2D eigenvalue weighted by Gasteiger charge is 2.32. The fraction of sp³-hybridized carbons (Fsp3) is 0.426. The van der Waals surface area contributed by atoms with Crippen molar-refractivity contribution in [3.63, 3.8) is 0 Å². The van der Waals surface area contributed by atoms with Crippen LogP contribution in [0, 0.1) is 25.7 Å². The van der Waals surface area contributed by atoms with Gasteiger partial charge in [-0.3, -0.25) is 14.4 Å². The molecule has 5 heterocycles. The fourth-order valence-corrected chi connectivity index (χ4v) is 8.99. The molecule has 0 amide bonds.